The Hall–Kier alpha value is -1.66. The molecule has 2 heterocycles. The molecule has 1 aliphatic carbocycles. The van der Waals surface area contributed by atoms with Crippen molar-refractivity contribution in [2.75, 3.05) is 32.7 Å². The molecule has 3 rings (SSSR count). The van der Waals surface area contributed by atoms with Crippen molar-refractivity contribution >= 4 is 5.84 Å². The third-order valence-corrected chi connectivity index (χ3v) is 4.28. The second-order valence-electron chi connectivity index (χ2n) is 6.05. The van der Waals surface area contributed by atoms with Gasteiger partial charge in [0.05, 0.1) is 0 Å². The highest BCUT2D eigenvalue weighted by molar-refractivity contribution is 5.95. The Morgan fingerprint density at radius 2 is 2.00 bits per heavy atom. The molecule has 0 atom stereocenters. The van der Waals surface area contributed by atoms with Gasteiger partial charge in [0.15, 0.2) is 5.84 Å². The van der Waals surface area contributed by atoms with Crippen LogP contribution in [-0.4, -0.2) is 58.6 Å². The van der Waals surface area contributed by atoms with E-state index in [9.17, 15) is 0 Å². The van der Waals surface area contributed by atoms with Gasteiger partial charge in [-0.3, -0.25) is 9.88 Å². The van der Waals surface area contributed by atoms with Gasteiger partial charge in [0.25, 0.3) is 0 Å². The van der Waals surface area contributed by atoms with E-state index in [1.54, 1.807) is 6.20 Å². The number of nitrogens with zero attached hydrogens (tertiary/aromatic N) is 4. The Morgan fingerprint density at radius 1 is 1.29 bits per heavy atom. The van der Waals surface area contributed by atoms with E-state index in [4.69, 9.17) is 10.9 Å². The van der Waals surface area contributed by atoms with E-state index in [-0.39, 0.29) is 5.84 Å². The number of rotatable bonds is 5. The van der Waals surface area contributed by atoms with Gasteiger partial charge >= 0.3 is 0 Å². The molecule has 0 radical (unpaired) electrons. The van der Waals surface area contributed by atoms with Crippen LogP contribution in [0.25, 0.3) is 0 Å². The molecule has 1 aliphatic heterocycles. The first-order valence-corrected chi connectivity index (χ1v) is 7.62. The van der Waals surface area contributed by atoms with Gasteiger partial charge in [0.1, 0.15) is 5.69 Å². The van der Waals surface area contributed by atoms with Gasteiger partial charge in [-0.25, -0.2) is 0 Å². The molecule has 1 aromatic heterocycles. The zero-order valence-corrected chi connectivity index (χ0v) is 12.3. The Labute approximate surface area is 125 Å². The molecule has 3 N–H and O–H groups in total. The summed E-state index contributed by atoms with van der Waals surface area (Å²) in [5.74, 6) is 1.03. The maximum atomic E-state index is 8.71. The fraction of sp³-hybridized carbons (Fsp3) is 0.600. The van der Waals surface area contributed by atoms with Crippen LogP contribution in [-0.2, 0) is 6.54 Å². The Morgan fingerprint density at radius 3 is 2.67 bits per heavy atom. The molecular formula is C15H23N5O. The van der Waals surface area contributed by atoms with Gasteiger partial charge in [-0.1, -0.05) is 5.16 Å². The van der Waals surface area contributed by atoms with Crippen molar-refractivity contribution in [1.82, 2.24) is 14.8 Å². The molecule has 0 unspecified atom stereocenters. The molecule has 0 spiro atoms. The van der Waals surface area contributed by atoms with Crippen LogP contribution in [0.15, 0.2) is 23.5 Å². The van der Waals surface area contributed by atoms with E-state index >= 15 is 0 Å². The monoisotopic (exact) mass is 289 g/mol. The van der Waals surface area contributed by atoms with Gasteiger partial charge in [0, 0.05) is 45.5 Å². The average Bonchev–Trinajstić information content (AvgIpc) is 3.33. The summed E-state index contributed by atoms with van der Waals surface area (Å²) in [5.41, 5.74) is 7.27. The van der Waals surface area contributed by atoms with Gasteiger partial charge in [-0.05, 0) is 36.5 Å². The van der Waals surface area contributed by atoms with Gasteiger partial charge in [-0.15, -0.1) is 0 Å². The summed E-state index contributed by atoms with van der Waals surface area (Å²) in [5, 5.41) is 11.7. The predicted octanol–water partition coefficient (Wildman–Crippen LogP) is 0.704. The molecule has 1 aromatic rings. The van der Waals surface area contributed by atoms with Crippen molar-refractivity contribution in [3.8, 4) is 0 Å². The lowest BCUT2D eigenvalue weighted by molar-refractivity contribution is 0.123. The molecule has 21 heavy (non-hydrogen) atoms. The first-order valence-electron chi connectivity index (χ1n) is 7.62. The normalized spacial score (nSPS) is 21.6. The second-order valence-corrected chi connectivity index (χ2v) is 6.05. The number of amidine groups is 1. The summed E-state index contributed by atoms with van der Waals surface area (Å²) in [6.07, 6.45) is 4.56. The molecule has 6 nitrogen and oxygen atoms in total. The summed E-state index contributed by atoms with van der Waals surface area (Å²) in [6, 6.07) is 3.89. The van der Waals surface area contributed by atoms with E-state index in [0.29, 0.717) is 5.69 Å². The number of nitrogens with two attached hydrogens (primary N) is 1. The van der Waals surface area contributed by atoms with Crippen molar-refractivity contribution in [2.45, 2.75) is 19.4 Å². The zero-order chi connectivity index (χ0) is 14.7. The van der Waals surface area contributed by atoms with Crippen LogP contribution in [0.1, 0.15) is 24.1 Å². The maximum absolute atomic E-state index is 8.71. The van der Waals surface area contributed by atoms with Crippen LogP contribution in [0, 0.1) is 5.92 Å². The number of piperazine rings is 1. The lowest BCUT2D eigenvalue weighted by Gasteiger charge is -2.34. The average molecular weight is 289 g/mol. The van der Waals surface area contributed by atoms with Crippen LogP contribution < -0.4 is 5.73 Å². The van der Waals surface area contributed by atoms with Crippen LogP contribution in [0.3, 0.4) is 0 Å². The molecule has 2 fully saturated rings. The molecule has 1 saturated carbocycles. The molecule has 0 bridgehead atoms. The number of oxime groups is 1. The van der Waals surface area contributed by atoms with E-state index in [0.717, 1.165) is 44.2 Å². The van der Waals surface area contributed by atoms with E-state index in [1.807, 2.05) is 12.1 Å². The van der Waals surface area contributed by atoms with Gasteiger partial charge in [0.2, 0.25) is 0 Å². The predicted molar refractivity (Wildman–Crippen MR) is 81.2 cm³/mol. The summed E-state index contributed by atoms with van der Waals surface area (Å²) in [7, 11) is 0. The number of pyridine rings is 1. The van der Waals surface area contributed by atoms with Crippen molar-refractivity contribution in [3.05, 3.63) is 29.6 Å². The number of hydrogen-bond donors (Lipinski definition) is 2. The zero-order valence-electron chi connectivity index (χ0n) is 12.3. The highest BCUT2D eigenvalue weighted by atomic mass is 16.4. The molecule has 114 valence electrons. The Kier molecular flexibility index (Phi) is 4.36. The van der Waals surface area contributed by atoms with E-state index in [2.05, 4.69) is 19.9 Å². The first-order chi connectivity index (χ1) is 10.2. The van der Waals surface area contributed by atoms with Crippen molar-refractivity contribution in [1.29, 1.82) is 0 Å². The van der Waals surface area contributed by atoms with E-state index < -0.39 is 0 Å². The fourth-order valence-corrected chi connectivity index (χ4v) is 2.82. The van der Waals surface area contributed by atoms with Crippen LogP contribution >= 0.6 is 0 Å². The smallest absolute Gasteiger partial charge is 0.188 e. The summed E-state index contributed by atoms with van der Waals surface area (Å²) in [6.45, 7) is 6.72. The molecular weight excluding hydrogens is 266 g/mol. The summed E-state index contributed by atoms with van der Waals surface area (Å²) >= 11 is 0. The quantitative estimate of drug-likeness (QED) is 0.361. The minimum atomic E-state index is 0.0612. The Bertz CT molecular complexity index is 507. The number of aromatic nitrogens is 1. The van der Waals surface area contributed by atoms with E-state index in [1.165, 1.54) is 19.4 Å². The molecule has 1 saturated heterocycles. The SMILES string of the molecule is NC(=NO)c1cc(CN2CCN(CC3CC3)CC2)ccn1. The summed E-state index contributed by atoms with van der Waals surface area (Å²) < 4.78 is 0. The molecule has 6 heteroatoms. The van der Waals surface area contributed by atoms with Crippen LogP contribution in [0.4, 0.5) is 0 Å². The summed E-state index contributed by atoms with van der Waals surface area (Å²) in [4.78, 5) is 9.15. The topological polar surface area (TPSA) is 78.0 Å². The van der Waals surface area contributed by atoms with Crippen molar-refractivity contribution in [2.24, 2.45) is 16.8 Å². The minimum absolute atomic E-state index is 0.0612. The highest BCUT2D eigenvalue weighted by Gasteiger charge is 2.26. The molecule has 0 amide bonds. The number of hydrogen-bond acceptors (Lipinski definition) is 5. The minimum Gasteiger partial charge on any atom is -0.409 e. The Balaban J connectivity index is 1.52. The first kappa shape index (κ1) is 14.3. The van der Waals surface area contributed by atoms with Crippen molar-refractivity contribution in [3.63, 3.8) is 0 Å². The standard InChI is InChI=1S/C15H23N5O/c16-15(18-21)14-9-13(3-4-17-14)11-20-7-5-19(6-8-20)10-12-1-2-12/h3-4,9,12,21H,1-2,5-8,10-11H2,(H2,16,18). The van der Waals surface area contributed by atoms with Gasteiger partial charge in [-0.2, -0.15) is 0 Å². The highest BCUT2D eigenvalue weighted by Crippen LogP contribution is 2.29. The third-order valence-electron chi connectivity index (χ3n) is 4.28. The van der Waals surface area contributed by atoms with Crippen LogP contribution in [0.2, 0.25) is 0 Å². The third kappa shape index (κ3) is 3.92. The maximum Gasteiger partial charge on any atom is 0.188 e. The lowest BCUT2D eigenvalue weighted by atomic mass is 10.2. The largest absolute Gasteiger partial charge is 0.409 e. The van der Waals surface area contributed by atoms with Crippen molar-refractivity contribution < 1.29 is 5.21 Å². The van der Waals surface area contributed by atoms with Crippen LogP contribution in [0.5, 0.6) is 0 Å². The second kappa shape index (κ2) is 6.41. The van der Waals surface area contributed by atoms with Gasteiger partial charge < -0.3 is 15.8 Å². The fourth-order valence-electron chi connectivity index (χ4n) is 2.82. The molecule has 0 aromatic carbocycles. The lowest BCUT2D eigenvalue weighted by Crippen LogP contribution is -2.46. The molecule has 2 aliphatic rings.